The largest absolute Gasteiger partial charge is 1.00 e. The van der Waals surface area contributed by atoms with Crippen LogP contribution in [0.3, 0.4) is 0 Å². The molecular weight excluding hydrogens is 371 g/mol. The molecule has 2 heterocycles. The average molecular weight is 394 g/mol. The molecule has 0 saturated carbocycles. The van der Waals surface area contributed by atoms with E-state index in [9.17, 15) is 4.79 Å². The first kappa shape index (κ1) is 21.3. The van der Waals surface area contributed by atoms with Crippen molar-refractivity contribution in [2.45, 2.75) is 44.8 Å². The molecule has 1 atom stereocenters. The smallest absolute Gasteiger partial charge is 0.625 e. The number of halogens is 1. The van der Waals surface area contributed by atoms with E-state index in [1.54, 1.807) is 17.0 Å². The maximum atomic E-state index is 12.9. The van der Waals surface area contributed by atoms with Crippen molar-refractivity contribution in [2.24, 2.45) is 0 Å². The molecule has 4 rings (SSSR count). The molecule has 0 bridgehead atoms. The molecule has 0 N–H and O–H groups in total. The van der Waals surface area contributed by atoms with E-state index in [4.69, 9.17) is 25.6 Å². The van der Waals surface area contributed by atoms with Gasteiger partial charge >= 0.3 is 31.7 Å². The summed E-state index contributed by atoms with van der Waals surface area (Å²) in [5.41, 5.74) is 0.286. The summed E-state index contributed by atoms with van der Waals surface area (Å²) in [6, 6.07) is 16.7. The SMILES string of the molecule is CC1(C)O[B-]2(OC(=O)N(c3ccccc3)C2c2ccc(Cl)cc2)OC1(C)C.[Li+]. The third-order valence-corrected chi connectivity index (χ3v) is 5.99. The van der Waals surface area contributed by atoms with Crippen LogP contribution in [0.2, 0.25) is 5.02 Å². The Morgan fingerprint density at radius 3 is 2.00 bits per heavy atom. The number of amides is 1. The molecule has 2 aliphatic rings. The van der Waals surface area contributed by atoms with Crippen molar-refractivity contribution < 1.29 is 37.6 Å². The van der Waals surface area contributed by atoms with Gasteiger partial charge in [-0.3, -0.25) is 0 Å². The van der Waals surface area contributed by atoms with Gasteiger partial charge in [0.15, 0.2) is 0 Å². The van der Waals surface area contributed by atoms with Crippen molar-refractivity contribution in [1.29, 1.82) is 0 Å². The van der Waals surface area contributed by atoms with Crippen LogP contribution < -0.4 is 23.8 Å². The van der Waals surface area contributed by atoms with E-state index in [2.05, 4.69) is 0 Å². The Labute approximate surface area is 182 Å². The number of nitrogens with zero attached hydrogens (tertiary/aromatic N) is 1. The van der Waals surface area contributed by atoms with Gasteiger partial charge in [-0.1, -0.05) is 47.5 Å². The zero-order chi connectivity index (χ0) is 19.4. The molecule has 8 heteroatoms. The molecule has 2 saturated heterocycles. The number of para-hydroxylation sites is 1. The van der Waals surface area contributed by atoms with Crippen LogP contribution in [0.1, 0.15) is 39.2 Å². The van der Waals surface area contributed by atoms with E-state index in [1.165, 1.54) is 0 Å². The molecule has 1 amide bonds. The summed E-state index contributed by atoms with van der Waals surface area (Å²) in [6.07, 6.45) is -0.491. The van der Waals surface area contributed by atoms with E-state index in [0.29, 0.717) is 5.02 Å². The number of hydrogen-bond acceptors (Lipinski definition) is 4. The number of hydrogen-bond donors (Lipinski definition) is 0. The summed E-state index contributed by atoms with van der Waals surface area (Å²) in [7, 11) is 0. The van der Waals surface area contributed by atoms with E-state index >= 15 is 0 Å². The Morgan fingerprint density at radius 2 is 1.46 bits per heavy atom. The molecule has 0 aliphatic carbocycles. The van der Waals surface area contributed by atoms with Gasteiger partial charge in [0.05, 0.1) is 0 Å². The van der Waals surface area contributed by atoms with Gasteiger partial charge in [-0.05, 0) is 52.0 Å². The zero-order valence-corrected chi connectivity index (χ0v) is 17.6. The minimum Gasteiger partial charge on any atom is -0.625 e. The maximum absolute atomic E-state index is 12.9. The Morgan fingerprint density at radius 1 is 0.929 bits per heavy atom. The summed E-state index contributed by atoms with van der Waals surface area (Å²) in [6.45, 7) is 5.40. The third kappa shape index (κ3) is 3.28. The van der Waals surface area contributed by atoms with Gasteiger partial charge < -0.3 is 18.9 Å². The van der Waals surface area contributed by atoms with Gasteiger partial charge in [0, 0.05) is 27.9 Å². The normalized spacial score (nSPS) is 24.1. The number of rotatable bonds is 2. The molecule has 2 aromatic carbocycles. The minimum atomic E-state index is -2.38. The van der Waals surface area contributed by atoms with Crippen molar-refractivity contribution in [3.63, 3.8) is 0 Å². The number of anilines is 1. The quantitative estimate of drug-likeness (QED) is 0.734. The third-order valence-electron chi connectivity index (χ3n) is 5.74. The molecule has 0 radical (unpaired) electrons. The molecular formula is C20H22BClLiNO4. The minimum absolute atomic E-state index is 0. The van der Waals surface area contributed by atoms with E-state index in [0.717, 1.165) is 11.3 Å². The van der Waals surface area contributed by atoms with Crippen LogP contribution in [0, 0.1) is 0 Å². The predicted octanol–water partition coefficient (Wildman–Crippen LogP) is 2.12. The average Bonchev–Trinajstić information content (AvgIpc) is 2.96. The maximum Gasteiger partial charge on any atom is 1.00 e. The Kier molecular flexibility index (Phi) is 5.42. The van der Waals surface area contributed by atoms with Crippen LogP contribution in [-0.2, 0) is 14.0 Å². The van der Waals surface area contributed by atoms with E-state index < -0.39 is 30.0 Å². The standard InChI is InChI=1S/C20H22BClNO4.Li/c1-19(2)20(3,4)27-21(26-19)17(14-10-12-15(22)13-11-14)23(18(24)25-21)16-8-6-5-7-9-16;/h5-13,17H,1-4H3;/q-1;+1. The van der Waals surface area contributed by atoms with Crippen molar-refractivity contribution in [3.8, 4) is 0 Å². The summed E-state index contributed by atoms with van der Waals surface area (Å²) in [4.78, 5) is 14.5. The van der Waals surface area contributed by atoms with Crippen molar-refractivity contribution in [1.82, 2.24) is 0 Å². The van der Waals surface area contributed by atoms with Crippen molar-refractivity contribution in [2.75, 3.05) is 4.90 Å². The molecule has 2 fully saturated rings. The molecule has 1 spiro atoms. The fraction of sp³-hybridized carbons (Fsp3) is 0.350. The summed E-state index contributed by atoms with van der Waals surface area (Å²) in [5, 5.41) is 0.616. The molecule has 0 aromatic heterocycles. The van der Waals surface area contributed by atoms with Crippen LogP contribution in [-0.4, -0.2) is 24.0 Å². The topological polar surface area (TPSA) is 48.0 Å². The second-order valence-electron chi connectivity index (χ2n) is 8.04. The van der Waals surface area contributed by atoms with Crippen molar-refractivity contribution >= 4 is 30.1 Å². The Bertz CT molecular complexity index is 860. The fourth-order valence-corrected chi connectivity index (χ4v) is 3.89. The summed E-state index contributed by atoms with van der Waals surface area (Å²) >= 11 is 6.07. The van der Waals surface area contributed by atoms with E-state index in [-0.39, 0.29) is 18.9 Å². The molecule has 2 aromatic rings. The first-order valence-corrected chi connectivity index (χ1v) is 9.40. The monoisotopic (exact) mass is 393 g/mol. The van der Waals surface area contributed by atoms with Crippen LogP contribution in [0.4, 0.5) is 10.5 Å². The van der Waals surface area contributed by atoms with Crippen LogP contribution in [0.15, 0.2) is 54.6 Å². The number of carbonyl (C=O) groups is 1. The first-order valence-electron chi connectivity index (χ1n) is 9.02. The second-order valence-corrected chi connectivity index (χ2v) is 8.48. The fourth-order valence-electron chi connectivity index (χ4n) is 3.76. The van der Waals surface area contributed by atoms with Gasteiger partial charge in [-0.2, -0.15) is 0 Å². The van der Waals surface area contributed by atoms with Gasteiger partial charge in [-0.25, -0.2) is 4.79 Å². The van der Waals surface area contributed by atoms with E-state index in [1.807, 2.05) is 70.2 Å². The van der Waals surface area contributed by atoms with Gasteiger partial charge in [0.1, 0.15) is 0 Å². The Hall–Kier alpha value is -1.42. The summed E-state index contributed by atoms with van der Waals surface area (Å²) in [5.74, 6) is -0.557. The molecule has 1 unspecified atom stereocenters. The van der Waals surface area contributed by atoms with Crippen LogP contribution in [0.25, 0.3) is 0 Å². The second kappa shape index (κ2) is 7.12. The Balaban J connectivity index is 0.00000225. The number of benzene rings is 2. The molecule has 2 aliphatic heterocycles. The first-order chi connectivity index (χ1) is 12.7. The summed E-state index contributed by atoms with van der Waals surface area (Å²) < 4.78 is 18.5. The number of carbonyl (C=O) groups excluding carboxylic acids is 1. The van der Waals surface area contributed by atoms with Crippen molar-refractivity contribution in [3.05, 3.63) is 65.2 Å². The van der Waals surface area contributed by atoms with Gasteiger partial charge in [0.25, 0.3) is 0 Å². The predicted molar refractivity (Wildman–Crippen MR) is 106 cm³/mol. The van der Waals surface area contributed by atoms with Gasteiger partial charge in [-0.15, -0.1) is 0 Å². The van der Waals surface area contributed by atoms with Crippen LogP contribution >= 0.6 is 11.6 Å². The van der Waals surface area contributed by atoms with Crippen LogP contribution in [0.5, 0.6) is 0 Å². The zero-order valence-electron chi connectivity index (χ0n) is 16.8. The molecule has 5 nitrogen and oxygen atoms in total. The van der Waals surface area contributed by atoms with Gasteiger partial charge in [0.2, 0.25) is 0 Å². The molecule has 28 heavy (non-hydrogen) atoms. The molecule has 142 valence electrons.